The molecule has 172 valence electrons. The fourth-order valence-electron chi connectivity index (χ4n) is 2.82. The molecule has 0 atom stereocenters. The molecule has 30 heavy (non-hydrogen) atoms. The van der Waals surface area contributed by atoms with Gasteiger partial charge in [-0.1, -0.05) is 76.5 Å². The molecule has 0 saturated carbocycles. The summed E-state index contributed by atoms with van der Waals surface area (Å²) in [6.45, 7) is 8.50. The predicted molar refractivity (Wildman–Crippen MR) is 129 cm³/mol. The first-order chi connectivity index (χ1) is 14.6. The molecule has 2 aliphatic rings. The zero-order valence-corrected chi connectivity index (χ0v) is 20.6. The van der Waals surface area contributed by atoms with Gasteiger partial charge in [0.05, 0.1) is 11.4 Å². The molecule has 6 nitrogen and oxygen atoms in total. The molecule has 1 heterocycles. The average molecular weight is 419 g/mol. The van der Waals surface area contributed by atoms with E-state index in [-0.39, 0.29) is 0 Å². The summed E-state index contributed by atoms with van der Waals surface area (Å²) in [5, 5.41) is 11.1. The Morgan fingerprint density at radius 2 is 1.30 bits per heavy atom. The molecule has 0 amide bonds. The monoisotopic (exact) mass is 418 g/mol. The van der Waals surface area contributed by atoms with Crippen molar-refractivity contribution in [1.82, 2.24) is 15.0 Å². The number of aromatic nitrogens is 3. The Morgan fingerprint density at radius 1 is 0.867 bits per heavy atom. The van der Waals surface area contributed by atoms with Crippen LogP contribution in [0.1, 0.15) is 116 Å². The van der Waals surface area contributed by atoms with Crippen molar-refractivity contribution in [1.29, 1.82) is 0 Å². The molecule has 1 aromatic rings. The standard InChI is InChI=1S/C9H15N3.C8H12.2C3H8.CH3N3/c1-12-9-7-5-3-2-4-6-8(9)10-11-12;1-2-4-6-8-7-5-3-1;2*1-3-2;1-3-4-2/h2-7H2,1H3;1-6H2;2*3H2,1-2H3;1H3. The second kappa shape index (κ2) is 25.0. The highest BCUT2D eigenvalue weighted by Crippen LogP contribution is 2.16. The maximum atomic E-state index is 7.33. The van der Waals surface area contributed by atoms with Crippen molar-refractivity contribution in [2.24, 2.45) is 12.2 Å². The molecule has 0 N–H and O–H groups in total. The van der Waals surface area contributed by atoms with Crippen LogP contribution in [0.25, 0.3) is 10.4 Å². The van der Waals surface area contributed by atoms with Gasteiger partial charge in [0.1, 0.15) is 0 Å². The Bertz CT molecular complexity index is 577. The number of hydrogen-bond acceptors (Lipinski definition) is 3. The molecule has 2 aliphatic carbocycles. The highest BCUT2D eigenvalue weighted by atomic mass is 15.4. The van der Waals surface area contributed by atoms with Crippen molar-refractivity contribution < 1.29 is 0 Å². The minimum Gasteiger partial charge on any atom is -0.252 e. The Kier molecular flexibility index (Phi) is 25.2. The van der Waals surface area contributed by atoms with Gasteiger partial charge in [0.15, 0.2) is 0 Å². The lowest BCUT2D eigenvalue weighted by Crippen LogP contribution is -2.03. The van der Waals surface area contributed by atoms with Gasteiger partial charge in [0, 0.05) is 31.8 Å². The van der Waals surface area contributed by atoms with E-state index < -0.39 is 0 Å². The van der Waals surface area contributed by atoms with Gasteiger partial charge in [-0.15, -0.1) is 16.9 Å². The second-order valence-electron chi connectivity index (χ2n) is 7.49. The van der Waals surface area contributed by atoms with Crippen LogP contribution in [0, 0.1) is 11.8 Å². The fraction of sp³-hybridized carbons (Fsp3) is 0.833. The molecule has 1 aromatic heterocycles. The van der Waals surface area contributed by atoms with E-state index in [0.717, 1.165) is 19.3 Å². The van der Waals surface area contributed by atoms with Crippen LogP contribution < -0.4 is 0 Å². The van der Waals surface area contributed by atoms with Gasteiger partial charge in [-0.3, -0.25) is 4.68 Å². The van der Waals surface area contributed by atoms with E-state index >= 15 is 0 Å². The molecular formula is C24H46N6. The third kappa shape index (κ3) is 19.3. The molecule has 3 rings (SSSR count). The fourth-order valence-corrected chi connectivity index (χ4v) is 2.82. The molecule has 0 fully saturated rings. The number of hydrogen-bond donors (Lipinski definition) is 0. The van der Waals surface area contributed by atoms with Crippen molar-refractivity contribution in [2.45, 2.75) is 118 Å². The number of nitrogens with zero attached hydrogens (tertiary/aromatic N) is 6. The quantitative estimate of drug-likeness (QED) is 0.188. The van der Waals surface area contributed by atoms with E-state index in [1.165, 1.54) is 89.1 Å². The highest BCUT2D eigenvalue weighted by molar-refractivity contribution is 5.10. The molecule has 6 heteroatoms. The Hall–Kier alpha value is -1.99. The van der Waals surface area contributed by atoms with Crippen molar-refractivity contribution in [3.8, 4) is 11.8 Å². The van der Waals surface area contributed by atoms with Crippen LogP contribution in [0.3, 0.4) is 0 Å². The van der Waals surface area contributed by atoms with Crippen LogP contribution in [0.15, 0.2) is 5.11 Å². The second-order valence-corrected chi connectivity index (χ2v) is 7.49. The third-order valence-corrected chi connectivity index (χ3v) is 4.17. The van der Waals surface area contributed by atoms with Crippen molar-refractivity contribution in [3.63, 3.8) is 0 Å². The molecule has 0 unspecified atom stereocenters. The normalized spacial score (nSPS) is 14.3. The lowest BCUT2D eigenvalue weighted by molar-refractivity contribution is 0.591. The first-order valence-electron chi connectivity index (χ1n) is 11.9. The topological polar surface area (TPSA) is 79.5 Å². The first-order valence-corrected chi connectivity index (χ1v) is 11.9. The number of azide groups is 1. The molecule has 0 radical (unpaired) electrons. The van der Waals surface area contributed by atoms with Crippen LogP contribution in [-0.2, 0) is 19.9 Å². The molecule has 0 saturated heterocycles. The summed E-state index contributed by atoms with van der Waals surface area (Å²) < 4.78 is 1.93. The summed E-state index contributed by atoms with van der Waals surface area (Å²) in [5.74, 6) is 6.27. The van der Waals surface area contributed by atoms with Crippen molar-refractivity contribution >= 4 is 0 Å². The van der Waals surface area contributed by atoms with E-state index in [0.29, 0.717) is 0 Å². The summed E-state index contributed by atoms with van der Waals surface area (Å²) in [6, 6.07) is 0. The average Bonchev–Trinajstić information content (AvgIpc) is 3.01. The molecule has 0 spiro atoms. The maximum absolute atomic E-state index is 7.33. The van der Waals surface area contributed by atoms with E-state index in [9.17, 15) is 0 Å². The van der Waals surface area contributed by atoms with Gasteiger partial charge in [0.25, 0.3) is 0 Å². The molecule has 0 aromatic carbocycles. The van der Waals surface area contributed by atoms with E-state index in [1.807, 2.05) is 11.7 Å². The van der Waals surface area contributed by atoms with E-state index in [4.69, 9.17) is 5.53 Å². The number of rotatable bonds is 0. The summed E-state index contributed by atoms with van der Waals surface area (Å²) in [6.07, 6.45) is 17.8. The first kappa shape index (κ1) is 30.2. The van der Waals surface area contributed by atoms with Crippen LogP contribution in [0.2, 0.25) is 0 Å². The Balaban J connectivity index is 0. The van der Waals surface area contributed by atoms with Crippen molar-refractivity contribution in [3.05, 3.63) is 21.8 Å². The van der Waals surface area contributed by atoms with E-state index in [2.05, 4.69) is 59.9 Å². The summed E-state index contributed by atoms with van der Waals surface area (Å²) >= 11 is 0. The summed E-state index contributed by atoms with van der Waals surface area (Å²) in [7, 11) is 3.38. The zero-order chi connectivity index (χ0) is 22.9. The van der Waals surface area contributed by atoms with Gasteiger partial charge < -0.3 is 0 Å². The summed E-state index contributed by atoms with van der Waals surface area (Å²) in [5.41, 5.74) is 9.92. The Labute approximate surface area is 185 Å². The van der Waals surface area contributed by atoms with Gasteiger partial charge in [-0.05, 0) is 44.1 Å². The van der Waals surface area contributed by atoms with E-state index in [1.54, 1.807) is 0 Å². The molecule has 0 aliphatic heterocycles. The minimum absolute atomic E-state index is 1.13. The largest absolute Gasteiger partial charge is 0.252 e. The summed E-state index contributed by atoms with van der Waals surface area (Å²) in [4.78, 5) is 2.36. The van der Waals surface area contributed by atoms with Crippen molar-refractivity contribution in [2.75, 3.05) is 7.05 Å². The predicted octanol–water partition coefficient (Wildman–Crippen LogP) is 7.58. The van der Waals surface area contributed by atoms with Crippen LogP contribution in [0.5, 0.6) is 0 Å². The highest BCUT2D eigenvalue weighted by Gasteiger charge is 2.11. The van der Waals surface area contributed by atoms with Crippen LogP contribution in [-0.4, -0.2) is 22.0 Å². The minimum atomic E-state index is 1.13. The molecule has 0 bridgehead atoms. The van der Waals surface area contributed by atoms with Gasteiger partial charge >= 0.3 is 0 Å². The Morgan fingerprint density at radius 3 is 1.77 bits per heavy atom. The maximum Gasteiger partial charge on any atom is 0.0859 e. The lowest BCUT2D eigenvalue weighted by Gasteiger charge is -2.08. The van der Waals surface area contributed by atoms with Crippen LogP contribution in [0.4, 0.5) is 0 Å². The number of aryl methyl sites for hydroxylation is 2. The smallest absolute Gasteiger partial charge is 0.0859 e. The number of fused-ring (bicyclic) bond motifs is 1. The lowest BCUT2D eigenvalue weighted by atomic mass is 10.0. The van der Waals surface area contributed by atoms with Gasteiger partial charge in [-0.25, -0.2) is 0 Å². The van der Waals surface area contributed by atoms with Gasteiger partial charge in [0.2, 0.25) is 0 Å². The SMILES string of the molecule is C1#CCCCCCC1.CCC.CCC.CN=[N+]=[N-].Cn1nnc2c1CCCCCC2. The zero-order valence-electron chi connectivity index (χ0n) is 20.6. The third-order valence-electron chi connectivity index (χ3n) is 4.17. The molecular weight excluding hydrogens is 372 g/mol. The van der Waals surface area contributed by atoms with Crippen LogP contribution >= 0.6 is 0 Å². The van der Waals surface area contributed by atoms with Gasteiger partial charge in [-0.2, -0.15) is 0 Å².